The highest BCUT2D eigenvalue weighted by molar-refractivity contribution is 6.32. The van der Waals surface area contributed by atoms with Crippen LogP contribution >= 0.6 is 11.6 Å². The van der Waals surface area contributed by atoms with Crippen molar-refractivity contribution in [3.63, 3.8) is 0 Å². The van der Waals surface area contributed by atoms with Crippen molar-refractivity contribution in [3.8, 4) is 23.1 Å². The van der Waals surface area contributed by atoms with Crippen LogP contribution in [0.2, 0.25) is 5.02 Å². The van der Waals surface area contributed by atoms with Gasteiger partial charge in [0.25, 0.3) is 0 Å². The Morgan fingerprint density at radius 1 is 1.17 bits per heavy atom. The molecular formula is C31H35ClF5N7O3. The molecule has 2 aromatic heterocycles. The summed E-state index contributed by atoms with van der Waals surface area (Å²) in [5.74, 6) is -1.01. The summed E-state index contributed by atoms with van der Waals surface area (Å²) in [6, 6.07) is 1.74. The average molecular weight is 684 g/mol. The summed E-state index contributed by atoms with van der Waals surface area (Å²) in [6.07, 6.45) is -3.35. The maximum Gasteiger partial charge on any atom is 0.418 e. The zero-order valence-electron chi connectivity index (χ0n) is 26.0. The molecule has 0 bridgehead atoms. The molecule has 3 fully saturated rings. The molecule has 0 saturated carbocycles. The fraction of sp³-hybridized carbons (Fsp3) is 0.581. The van der Waals surface area contributed by atoms with Crippen LogP contribution < -0.4 is 20.1 Å². The summed E-state index contributed by atoms with van der Waals surface area (Å²) < 4.78 is 92.2. The van der Waals surface area contributed by atoms with Crippen molar-refractivity contribution >= 4 is 34.0 Å². The number of aromatic nitrogens is 3. The van der Waals surface area contributed by atoms with Crippen molar-refractivity contribution in [2.75, 3.05) is 77.3 Å². The van der Waals surface area contributed by atoms with E-state index >= 15 is 4.39 Å². The molecule has 3 aromatic rings. The average Bonchev–Trinajstić information content (AvgIpc) is 3.44. The summed E-state index contributed by atoms with van der Waals surface area (Å²) in [6.45, 7) is 2.94. The molecule has 16 heteroatoms. The lowest BCUT2D eigenvalue weighted by Gasteiger charge is -2.48. The van der Waals surface area contributed by atoms with Gasteiger partial charge in [-0.15, -0.1) is 0 Å². The van der Waals surface area contributed by atoms with Gasteiger partial charge < -0.3 is 29.7 Å². The minimum atomic E-state index is -4.96. The number of fused-ring (bicyclic) bond motifs is 1. The fourth-order valence-corrected chi connectivity index (χ4v) is 7.70. The second kappa shape index (κ2) is 11.7. The Hall–Kier alpha value is -3.27. The topological polar surface area (TPSA) is 102 Å². The van der Waals surface area contributed by atoms with Crippen LogP contribution in [-0.4, -0.2) is 109 Å². The van der Waals surface area contributed by atoms with Crippen molar-refractivity contribution in [1.29, 1.82) is 0 Å². The molecule has 2 N–H and O–H groups in total. The Labute approximate surface area is 272 Å². The normalized spacial score (nSPS) is 23.7. The number of alkyl halides is 4. The van der Waals surface area contributed by atoms with Crippen LogP contribution in [-0.2, 0) is 10.9 Å². The number of nitrogens with zero attached hydrogens (tertiary/aromatic N) is 6. The van der Waals surface area contributed by atoms with E-state index in [2.05, 4.69) is 14.9 Å². The Balaban J connectivity index is 1.41. The van der Waals surface area contributed by atoms with Gasteiger partial charge in [-0.3, -0.25) is 4.90 Å². The first kappa shape index (κ1) is 32.3. The maximum absolute atomic E-state index is 16.8. The lowest BCUT2D eigenvalue weighted by molar-refractivity contribution is -0.137. The highest BCUT2D eigenvalue weighted by Gasteiger charge is 2.51. The largest absolute Gasteiger partial charge is 0.474 e. The Morgan fingerprint density at radius 2 is 1.96 bits per heavy atom. The molecule has 4 aliphatic heterocycles. The van der Waals surface area contributed by atoms with E-state index in [1.54, 1.807) is 0 Å². The zero-order chi connectivity index (χ0) is 33.3. The van der Waals surface area contributed by atoms with Gasteiger partial charge in [-0.05, 0) is 58.6 Å². The van der Waals surface area contributed by atoms with E-state index in [0.717, 1.165) is 38.1 Å². The van der Waals surface area contributed by atoms with Gasteiger partial charge in [0.1, 0.15) is 47.3 Å². The van der Waals surface area contributed by atoms with Gasteiger partial charge in [0.2, 0.25) is 5.88 Å². The molecule has 1 aromatic carbocycles. The number of rotatable bonds is 8. The second-order valence-electron chi connectivity index (χ2n) is 13.2. The number of benzene rings is 1. The Bertz CT molecular complexity index is 1710. The van der Waals surface area contributed by atoms with E-state index < -0.39 is 51.1 Å². The molecule has 3 saturated heterocycles. The first-order chi connectivity index (χ1) is 22.3. The van der Waals surface area contributed by atoms with Crippen LogP contribution in [0.15, 0.2) is 12.1 Å². The van der Waals surface area contributed by atoms with E-state index in [4.69, 9.17) is 36.5 Å². The van der Waals surface area contributed by atoms with Crippen molar-refractivity contribution in [2.24, 2.45) is 0 Å². The highest BCUT2D eigenvalue weighted by atomic mass is 35.5. The number of nitrogen functional groups attached to an aromatic ring is 1. The predicted molar refractivity (Wildman–Crippen MR) is 165 cm³/mol. The van der Waals surface area contributed by atoms with Crippen LogP contribution in [0.4, 0.5) is 33.5 Å². The molecule has 10 nitrogen and oxygen atoms in total. The van der Waals surface area contributed by atoms with Gasteiger partial charge in [-0.25, -0.2) is 13.8 Å². The number of hydrogen-bond acceptors (Lipinski definition) is 10. The van der Waals surface area contributed by atoms with E-state index in [0.29, 0.717) is 25.9 Å². The standard InChI is InChI=1S/C31H35ClF5N7O3/c1-42(2)6-4-8-44-26-21-25(40-28(41-26)47-15-29-5-3-7-43(29)12-17(33)11-29)23(34)24(39-27(21)46-16-30(44)13-45-14-30)19-9-18(38)10-20(32)22(19)31(35,36)37/h9-10,17H,3-8,11-16,38H2,1-2H3/t17-,29+/m1/s1. The van der Waals surface area contributed by atoms with Crippen LogP contribution in [0.25, 0.3) is 22.2 Å². The molecule has 4 aliphatic rings. The fourth-order valence-electron chi connectivity index (χ4n) is 7.37. The van der Waals surface area contributed by atoms with Gasteiger partial charge in [-0.1, -0.05) is 11.6 Å². The predicted octanol–water partition coefficient (Wildman–Crippen LogP) is 4.96. The minimum Gasteiger partial charge on any atom is -0.474 e. The van der Waals surface area contributed by atoms with Crippen molar-refractivity contribution in [1.82, 2.24) is 24.8 Å². The van der Waals surface area contributed by atoms with Crippen molar-refractivity contribution in [3.05, 3.63) is 28.5 Å². The molecule has 0 amide bonds. The number of halogens is 6. The number of hydrogen-bond donors (Lipinski definition) is 1. The Kier molecular flexibility index (Phi) is 8.04. The van der Waals surface area contributed by atoms with Crippen LogP contribution in [0.1, 0.15) is 31.2 Å². The third-order valence-corrected chi connectivity index (χ3v) is 9.93. The van der Waals surface area contributed by atoms with Gasteiger partial charge in [0.15, 0.2) is 5.82 Å². The van der Waals surface area contributed by atoms with E-state index in [1.165, 1.54) is 0 Å². The lowest BCUT2D eigenvalue weighted by Crippen LogP contribution is -2.66. The molecule has 6 heterocycles. The van der Waals surface area contributed by atoms with E-state index in [-0.39, 0.29) is 60.7 Å². The number of nitrogens with two attached hydrogens (primary N) is 1. The maximum atomic E-state index is 16.8. The monoisotopic (exact) mass is 683 g/mol. The molecule has 254 valence electrons. The minimum absolute atomic E-state index is 0.0501. The number of anilines is 2. The second-order valence-corrected chi connectivity index (χ2v) is 13.6. The summed E-state index contributed by atoms with van der Waals surface area (Å²) in [5, 5.41) is -0.602. The number of pyridine rings is 1. The lowest BCUT2D eigenvalue weighted by atomic mass is 9.95. The van der Waals surface area contributed by atoms with Crippen molar-refractivity contribution in [2.45, 2.75) is 49.1 Å². The molecule has 47 heavy (non-hydrogen) atoms. The molecule has 2 atom stereocenters. The third-order valence-electron chi connectivity index (χ3n) is 9.63. The molecule has 0 radical (unpaired) electrons. The molecular weight excluding hydrogens is 649 g/mol. The summed E-state index contributed by atoms with van der Waals surface area (Å²) in [4.78, 5) is 19.6. The van der Waals surface area contributed by atoms with Crippen LogP contribution in [0, 0.1) is 5.82 Å². The SMILES string of the molecule is CN(C)CCCN1c2nc(OC[C@@]34CCCN3C[C@H](F)C4)nc3c(F)c(-c4cc(N)cc(Cl)c4C(F)(F)F)nc(c23)OCC12COC2. The quantitative estimate of drug-likeness (QED) is 0.259. The van der Waals surface area contributed by atoms with Crippen LogP contribution in [0.5, 0.6) is 11.9 Å². The first-order valence-corrected chi connectivity index (χ1v) is 15.9. The van der Waals surface area contributed by atoms with Gasteiger partial charge in [0.05, 0.1) is 29.3 Å². The zero-order valence-corrected chi connectivity index (χ0v) is 26.7. The summed E-state index contributed by atoms with van der Waals surface area (Å²) in [7, 11) is 3.90. The third kappa shape index (κ3) is 5.58. The number of ether oxygens (including phenoxy) is 3. The molecule has 1 spiro atoms. The first-order valence-electron chi connectivity index (χ1n) is 15.5. The Morgan fingerprint density at radius 3 is 2.66 bits per heavy atom. The summed E-state index contributed by atoms with van der Waals surface area (Å²) in [5.41, 5.74) is 1.58. The van der Waals surface area contributed by atoms with E-state index in [9.17, 15) is 17.6 Å². The molecule has 7 rings (SSSR count). The smallest absolute Gasteiger partial charge is 0.418 e. The van der Waals surface area contributed by atoms with Crippen molar-refractivity contribution < 1.29 is 36.2 Å². The van der Waals surface area contributed by atoms with Gasteiger partial charge in [-0.2, -0.15) is 23.1 Å². The van der Waals surface area contributed by atoms with Gasteiger partial charge >= 0.3 is 12.2 Å². The van der Waals surface area contributed by atoms with E-state index in [1.807, 2.05) is 23.9 Å². The molecule has 0 unspecified atom stereocenters. The highest BCUT2D eigenvalue weighted by Crippen LogP contribution is 2.48. The summed E-state index contributed by atoms with van der Waals surface area (Å²) >= 11 is 6.03. The van der Waals surface area contributed by atoms with Gasteiger partial charge in [0, 0.05) is 30.8 Å². The molecule has 0 aliphatic carbocycles. The van der Waals surface area contributed by atoms with Crippen LogP contribution in [0.3, 0.4) is 0 Å².